The predicted octanol–water partition coefficient (Wildman–Crippen LogP) is 1.26. The molecule has 0 heterocycles. The molecule has 118 valence electrons. The van der Waals surface area contributed by atoms with Gasteiger partial charge in [-0.25, -0.2) is 4.39 Å². The van der Waals surface area contributed by atoms with Crippen LogP contribution in [0.5, 0.6) is 0 Å². The average molecular weight is 297 g/mol. The zero-order valence-corrected chi connectivity index (χ0v) is 12.9. The standard InChI is InChI=1S/C15H24FN3O2/c1-11(2)19(10-14(17)20)15-12(5-4-6-13(15)16)9-18-7-8-21-3/h4-6,11,18H,7-10H2,1-3H3,(H2,17,20). The Hall–Kier alpha value is -1.66. The van der Waals surface area contributed by atoms with Crippen LogP contribution in [0, 0.1) is 5.82 Å². The van der Waals surface area contributed by atoms with E-state index in [0.29, 0.717) is 25.4 Å². The van der Waals surface area contributed by atoms with Crippen molar-refractivity contribution in [1.82, 2.24) is 5.32 Å². The SMILES string of the molecule is COCCNCc1cccc(F)c1N(CC(N)=O)C(C)C. The number of amides is 1. The Morgan fingerprint density at radius 3 is 2.76 bits per heavy atom. The molecule has 1 amide bonds. The Labute approximate surface area is 125 Å². The number of ether oxygens (including phenoxy) is 1. The first-order chi connectivity index (χ1) is 9.97. The molecule has 0 unspecified atom stereocenters. The summed E-state index contributed by atoms with van der Waals surface area (Å²) < 4.78 is 19.2. The summed E-state index contributed by atoms with van der Waals surface area (Å²) in [7, 11) is 1.63. The molecule has 0 aliphatic carbocycles. The summed E-state index contributed by atoms with van der Waals surface area (Å²) in [6.45, 7) is 5.54. The van der Waals surface area contributed by atoms with Gasteiger partial charge in [-0.1, -0.05) is 12.1 Å². The zero-order valence-electron chi connectivity index (χ0n) is 12.9. The molecule has 0 atom stereocenters. The summed E-state index contributed by atoms with van der Waals surface area (Å²) in [5.41, 5.74) is 6.49. The summed E-state index contributed by atoms with van der Waals surface area (Å²) in [4.78, 5) is 12.9. The monoisotopic (exact) mass is 297 g/mol. The lowest BCUT2D eigenvalue weighted by Crippen LogP contribution is -2.40. The van der Waals surface area contributed by atoms with Gasteiger partial charge in [0.05, 0.1) is 18.8 Å². The second kappa shape index (κ2) is 8.59. The molecular formula is C15H24FN3O2. The molecule has 21 heavy (non-hydrogen) atoms. The first-order valence-electron chi connectivity index (χ1n) is 6.99. The number of nitrogens with one attached hydrogen (secondary N) is 1. The highest BCUT2D eigenvalue weighted by molar-refractivity contribution is 5.80. The molecule has 0 aliphatic heterocycles. The second-order valence-corrected chi connectivity index (χ2v) is 5.11. The molecular weight excluding hydrogens is 273 g/mol. The number of methoxy groups -OCH3 is 1. The van der Waals surface area contributed by atoms with Crippen LogP contribution in [-0.2, 0) is 16.1 Å². The molecule has 0 radical (unpaired) electrons. The fourth-order valence-electron chi connectivity index (χ4n) is 2.11. The number of rotatable bonds is 9. The number of carbonyl (C=O) groups is 1. The van der Waals surface area contributed by atoms with Gasteiger partial charge in [0, 0.05) is 26.2 Å². The minimum atomic E-state index is -0.481. The van der Waals surface area contributed by atoms with Crippen LogP contribution in [0.1, 0.15) is 19.4 Å². The molecule has 1 aromatic carbocycles. The van der Waals surface area contributed by atoms with E-state index in [-0.39, 0.29) is 18.4 Å². The Morgan fingerprint density at radius 2 is 2.19 bits per heavy atom. The van der Waals surface area contributed by atoms with Gasteiger partial charge in [-0.3, -0.25) is 4.79 Å². The number of carbonyl (C=O) groups excluding carboxylic acids is 1. The molecule has 0 saturated carbocycles. The number of primary amides is 1. The van der Waals surface area contributed by atoms with Gasteiger partial charge in [-0.2, -0.15) is 0 Å². The van der Waals surface area contributed by atoms with E-state index in [2.05, 4.69) is 5.32 Å². The van der Waals surface area contributed by atoms with E-state index in [1.54, 1.807) is 18.1 Å². The van der Waals surface area contributed by atoms with Gasteiger partial charge in [0.25, 0.3) is 0 Å². The second-order valence-electron chi connectivity index (χ2n) is 5.11. The van der Waals surface area contributed by atoms with Crippen molar-refractivity contribution in [2.45, 2.75) is 26.4 Å². The number of hydrogen-bond acceptors (Lipinski definition) is 4. The van der Waals surface area contributed by atoms with Crippen molar-refractivity contribution in [3.05, 3.63) is 29.6 Å². The smallest absolute Gasteiger partial charge is 0.236 e. The normalized spacial score (nSPS) is 10.9. The van der Waals surface area contributed by atoms with Crippen molar-refractivity contribution >= 4 is 11.6 Å². The maximum Gasteiger partial charge on any atom is 0.236 e. The van der Waals surface area contributed by atoms with Crippen LogP contribution in [0.4, 0.5) is 10.1 Å². The number of anilines is 1. The Balaban J connectivity index is 2.98. The molecule has 0 aliphatic rings. The van der Waals surface area contributed by atoms with Gasteiger partial charge < -0.3 is 20.7 Å². The van der Waals surface area contributed by atoms with Crippen molar-refractivity contribution in [3.63, 3.8) is 0 Å². The molecule has 1 aromatic rings. The Morgan fingerprint density at radius 1 is 1.48 bits per heavy atom. The van der Waals surface area contributed by atoms with Crippen molar-refractivity contribution in [2.75, 3.05) is 31.7 Å². The van der Waals surface area contributed by atoms with Crippen molar-refractivity contribution < 1.29 is 13.9 Å². The van der Waals surface area contributed by atoms with E-state index >= 15 is 0 Å². The van der Waals surface area contributed by atoms with Crippen molar-refractivity contribution in [3.8, 4) is 0 Å². The van der Waals surface area contributed by atoms with Crippen LogP contribution < -0.4 is 16.0 Å². The van der Waals surface area contributed by atoms with Crippen LogP contribution in [0.2, 0.25) is 0 Å². The topological polar surface area (TPSA) is 67.6 Å². The van der Waals surface area contributed by atoms with Gasteiger partial charge >= 0.3 is 0 Å². The molecule has 0 bridgehead atoms. The van der Waals surface area contributed by atoms with Gasteiger partial charge in [-0.15, -0.1) is 0 Å². The summed E-state index contributed by atoms with van der Waals surface area (Å²) in [5, 5.41) is 3.18. The van der Waals surface area contributed by atoms with E-state index in [4.69, 9.17) is 10.5 Å². The average Bonchev–Trinajstić information content (AvgIpc) is 2.41. The minimum absolute atomic E-state index is 0.0102. The first kappa shape index (κ1) is 17.4. The summed E-state index contributed by atoms with van der Waals surface area (Å²) in [6.07, 6.45) is 0. The summed E-state index contributed by atoms with van der Waals surface area (Å²) in [5.74, 6) is -0.832. The van der Waals surface area contributed by atoms with Gasteiger partial charge in [-0.05, 0) is 25.5 Å². The quantitative estimate of drug-likeness (QED) is 0.673. The molecule has 0 spiro atoms. The van der Waals surface area contributed by atoms with Crippen molar-refractivity contribution in [2.24, 2.45) is 5.73 Å². The van der Waals surface area contributed by atoms with Crippen LogP contribution in [0.15, 0.2) is 18.2 Å². The molecule has 0 fully saturated rings. The predicted molar refractivity (Wildman–Crippen MR) is 81.7 cm³/mol. The number of halogens is 1. The number of hydrogen-bond donors (Lipinski definition) is 2. The highest BCUT2D eigenvalue weighted by atomic mass is 19.1. The molecule has 1 rings (SSSR count). The number of para-hydroxylation sites is 1. The van der Waals surface area contributed by atoms with E-state index in [1.165, 1.54) is 6.07 Å². The van der Waals surface area contributed by atoms with Crippen LogP contribution in [0.25, 0.3) is 0 Å². The Bertz CT molecular complexity index is 466. The van der Waals surface area contributed by atoms with E-state index < -0.39 is 5.91 Å². The van der Waals surface area contributed by atoms with E-state index in [1.807, 2.05) is 19.9 Å². The molecule has 0 aromatic heterocycles. The maximum absolute atomic E-state index is 14.2. The maximum atomic E-state index is 14.2. The third kappa shape index (κ3) is 5.32. The van der Waals surface area contributed by atoms with Gasteiger partial charge in [0.1, 0.15) is 5.82 Å². The highest BCUT2D eigenvalue weighted by Gasteiger charge is 2.20. The fourth-order valence-corrected chi connectivity index (χ4v) is 2.11. The third-order valence-electron chi connectivity index (χ3n) is 3.11. The lowest BCUT2D eigenvalue weighted by Gasteiger charge is -2.30. The largest absolute Gasteiger partial charge is 0.383 e. The highest BCUT2D eigenvalue weighted by Crippen LogP contribution is 2.26. The van der Waals surface area contributed by atoms with Gasteiger partial charge in [0.15, 0.2) is 0 Å². The third-order valence-corrected chi connectivity index (χ3v) is 3.11. The molecule has 3 N–H and O–H groups in total. The molecule has 0 saturated heterocycles. The van der Waals surface area contributed by atoms with E-state index in [9.17, 15) is 9.18 Å². The number of nitrogens with two attached hydrogens (primary N) is 1. The first-order valence-corrected chi connectivity index (χ1v) is 6.99. The van der Waals surface area contributed by atoms with Crippen LogP contribution in [-0.4, -0.2) is 38.8 Å². The van der Waals surface area contributed by atoms with E-state index in [0.717, 1.165) is 5.56 Å². The van der Waals surface area contributed by atoms with Crippen LogP contribution >= 0.6 is 0 Å². The lowest BCUT2D eigenvalue weighted by molar-refractivity contribution is -0.116. The summed E-state index contributed by atoms with van der Waals surface area (Å²) in [6, 6.07) is 4.86. The lowest BCUT2D eigenvalue weighted by atomic mass is 10.1. The minimum Gasteiger partial charge on any atom is -0.383 e. The summed E-state index contributed by atoms with van der Waals surface area (Å²) >= 11 is 0. The Kier molecular flexibility index (Phi) is 7.11. The number of benzene rings is 1. The van der Waals surface area contributed by atoms with Crippen molar-refractivity contribution in [1.29, 1.82) is 0 Å². The molecule has 6 heteroatoms. The van der Waals surface area contributed by atoms with Crippen LogP contribution in [0.3, 0.4) is 0 Å². The van der Waals surface area contributed by atoms with Gasteiger partial charge in [0.2, 0.25) is 5.91 Å². The number of nitrogens with zero attached hydrogens (tertiary/aromatic N) is 1. The zero-order chi connectivity index (χ0) is 15.8. The fraction of sp³-hybridized carbons (Fsp3) is 0.533. The molecule has 5 nitrogen and oxygen atoms in total.